The van der Waals surface area contributed by atoms with Gasteiger partial charge in [0, 0.05) is 19.4 Å². The van der Waals surface area contributed by atoms with Gasteiger partial charge in [-0.3, -0.25) is 0 Å². The van der Waals surface area contributed by atoms with Gasteiger partial charge in [-0.1, -0.05) is 38.2 Å². The lowest BCUT2D eigenvalue weighted by Gasteiger charge is -2.10. The molecule has 0 saturated heterocycles. The second kappa shape index (κ2) is 5.48. The number of benzene rings is 1. The van der Waals surface area contributed by atoms with Crippen molar-refractivity contribution >= 4 is 28.2 Å². The summed E-state index contributed by atoms with van der Waals surface area (Å²) >= 11 is 4.97. The fraction of sp³-hybridized carbons (Fsp3) is 0.429. The number of hydrogen-bond donors (Lipinski definition) is 1. The molecule has 0 spiro atoms. The first kappa shape index (κ1) is 13.0. The summed E-state index contributed by atoms with van der Waals surface area (Å²) in [5.74, 6) is 1.72. The maximum atomic E-state index is 5.60. The normalized spacial score (nSPS) is 11.3. The van der Waals surface area contributed by atoms with Crippen LogP contribution in [-0.2, 0) is 13.0 Å². The van der Waals surface area contributed by atoms with E-state index in [4.69, 9.17) is 22.9 Å². The molecule has 0 radical (unpaired) electrons. The predicted molar refractivity (Wildman–Crippen MR) is 79.7 cm³/mol. The maximum absolute atomic E-state index is 5.60. The molecule has 0 unspecified atom stereocenters. The molecule has 2 rings (SSSR count). The molecule has 18 heavy (non-hydrogen) atoms. The van der Waals surface area contributed by atoms with E-state index in [0.29, 0.717) is 10.9 Å². The molecular formula is C14H19N3S. The van der Waals surface area contributed by atoms with Crippen molar-refractivity contribution in [1.29, 1.82) is 0 Å². The van der Waals surface area contributed by atoms with Crippen LogP contribution in [0.2, 0.25) is 0 Å². The summed E-state index contributed by atoms with van der Waals surface area (Å²) in [4.78, 5) is 5.27. The van der Waals surface area contributed by atoms with Crippen molar-refractivity contribution in [3.63, 3.8) is 0 Å². The van der Waals surface area contributed by atoms with Crippen LogP contribution in [0, 0.1) is 5.92 Å². The highest BCUT2D eigenvalue weighted by Crippen LogP contribution is 2.18. The van der Waals surface area contributed by atoms with Crippen LogP contribution in [0.3, 0.4) is 0 Å². The summed E-state index contributed by atoms with van der Waals surface area (Å²) in [6.45, 7) is 5.23. The van der Waals surface area contributed by atoms with Gasteiger partial charge < -0.3 is 10.3 Å². The van der Waals surface area contributed by atoms with Crippen LogP contribution in [0.15, 0.2) is 24.3 Å². The van der Waals surface area contributed by atoms with E-state index in [1.54, 1.807) is 0 Å². The van der Waals surface area contributed by atoms with Crippen LogP contribution in [-0.4, -0.2) is 14.5 Å². The number of nitrogens with zero attached hydrogens (tertiary/aromatic N) is 2. The Morgan fingerprint density at radius 2 is 2.11 bits per heavy atom. The van der Waals surface area contributed by atoms with Crippen molar-refractivity contribution in [2.24, 2.45) is 11.7 Å². The molecule has 2 N–H and O–H groups in total. The van der Waals surface area contributed by atoms with Gasteiger partial charge in [-0.25, -0.2) is 4.98 Å². The largest absolute Gasteiger partial charge is 0.393 e. The first-order chi connectivity index (χ1) is 8.58. The Bertz CT molecular complexity index is 557. The molecule has 0 amide bonds. The lowest BCUT2D eigenvalue weighted by molar-refractivity contribution is 0.584. The van der Waals surface area contributed by atoms with Gasteiger partial charge in [0.2, 0.25) is 0 Å². The van der Waals surface area contributed by atoms with E-state index in [1.165, 1.54) is 5.52 Å². The number of thiocarbonyl (C=S) groups is 1. The van der Waals surface area contributed by atoms with Gasteiger partial charge in [-0.05, 0) is 18.1 Å². The van der Waals surface area contributed by atoms with E-state index in [2.05, 4.69) is 30.5 Å². The van der Waals surface area contributed by atoms with Crippen molar-refractivity contribution in [3.05, 3.63) is 30.1 Å². The highest BCUT2D eigenvalue weighted by Gasteiger charge is 2.11. The first-order valence-electron chi connectivity index (χ1n) is 6.30. The molecule has 0 aliphatic heterocycles. The van der Waals surface area contributed by atoms with Gasteiger partial charge in [-0.2, -0.15) is 0 Å². The molecule has 3 nitrogen and oxygen atoms in total. The van der Waals surface area contributed by atoms with Crippen LogP contribution < -0.4 is 5.73 Å². The van der Waals surface area contributed by atoms with Crippen LogP contribution in [0.25, 0.3) is 11.0 Å². The third-order valence-electron chi connectivity index (χ3n) is 2.91. The number of para-hydroxylation sites is 2. The number of fused-ring (bicyclic) bond motifs is 1. The van der Waals surface area contributed by atoms with Gasteiger partial charge in [0.15, 0.2) is 0 Å². The topological polar surface area (TPSA) is 43.8 Å². The van der Waals surface area contributed by atoms with Gasteiger partial charge >= 0.3 is 0 Å². The zero-order valence-corrected chi connectivity index (χ0v) is 11.7. The molecule has 96 valence electrons. The molecule has 4 heteroatoms. The van der Waals surface area contributed by atoms with Crippen LogP contribution >= 0.6 is 12.2 Å². The zero-order valence-electron chi connectivity index (χ0n) is 10.9. The summed E-state index contributed by atoms with van der Waals surface area (Å²) in [7, 11) is 0. The smallest absolute Gasteiger partial charge is 0.110 e. The van der Waals surface area contributed by atoms with Crippen LogP contribution in [0.4, 0.5) is 0 Å². The average Bonchev–Trinajstić information content (AvgIpc) is 2.62. The Morgan fingerprint density at radius 1 is 1.39 bits per heavy atom. The second-order valence-corrected chi connectivity index (χ2v) is 5.51. The Kier molecular flexibility index (Phi) is 3.97. The van der Waals surface area contributed by atoms with E-state index < -0.39 is 0 Å². The summed E-state index contributed by atoms with van der Waals surface area (Å²) in [6, 6.07) is 8.22. The molecule has 1 aromatic carbocycles. The highest BCUT2D eigenvalue weighted by atomic mass is 32.1. The van der Waals surface area contributed by atoms with Crippen LogP contribution in [0.1, 0.15) is 26.1 Å². The van der Waals surface area contributed by atoms with Crippen molar-refractivity contribution < 1.29 is 0 Å². The minimum atomic E-state index is 0.559. The summed E-state index contributed by atoms with van der Waals surface area (Å²) in [6.07, 6.45) is 1.70. The average molecular weight is 261 g/mol. The quantitative estimate of drug-likeness (QED) is 0.842. The number of nitrogens with two attached hydrogens (primary N) is 1. The third kappa shape index (κ3) is 2.88. The molecular weight excluding hydrogens is 242 g/mol. The molecule has 0 fully saturated rings. The summed E-state index contributed by atoms with van der Waals surface area (Å²) in [5.41, 5.74) is 7.82. The number of aromatic nitrogens is 2. The third-order valence-corrected chi connectivity index (χ3v) is 3.11. The minimum absolute atomic E-state index is 0.559. The summed E-state index contributed by atoms with van der Waals surface area (Å²) in [5, 5.41) is 0. The monoisotopic (exact) mass is 261 g/mol. The molecule has 2 aromatic rings. The molecule has 0 aliphatic rings. The van der Waals surface area contributed by atoms with Gasteiger partial charge in [-0.15, -0.1) is 0 Å². The first-order valence-corrected chi connectivity index (χ1v) is 6.71. The van der Waals surface area contributed by atoms with E-state index >= 15 is 0 Å². The van der Waals surface area contributed by atoms with E-state index in [9.17, 15) is 0 Å². The zero-order chi connectivity index (χ0) is 13.1. The highest BCUT2D eigenvalue weighted by molar-refractivity contribution is 7.80. The van der Waals surface area contributed by atoms with Gasteiger partial charge in [0.1, 0.15) is 5.82 Å². The molecule has 0 atom stereocenters. The number of rotatable bonds is 5. The van der Waals surface area contributed by atoms with E-state index in [0.717, 1.165) is 30.7 Å². The fourth-order valence-corrected chi connectivity index (χ4v) is 2.21. The molecule has 1 heterocycles. The van der Waals surface area contributed by atoms with Crippen molar-refractivity contribution in [2.45, 2.75) is 33.2 Å². The van der Waals surface area contributed by atoms with Crippen LogP contribution in [0.5, 0.6) is 0 Å². The Hall–Kier alpha value is -1.42. The van der Waals surface area contributed by atoms with Crippen molar-refractivity contribution in [3.8, 4) is 0 Å². The number of hydrogen-bond acceptors (Lipinski definition) is 2. The fourth-order valence-electron chi connectivity index (χ4n) is 2.12. The summed E-state index contributed by atoms with van der Waals surface area (Å²) < 4.78 is 2.24. The maximum Gasteiger partial charge on any atom is 0.110 e. The Labute approximate surface area is 113 Å². The standard InChI is InChI=1S/C14H19N3S/c1-10(2)9-14-16-11-5-3-4-6-12(11)17(14)8-7-13(15)18/h3-6,10H,7-9H2,1-2H3,(H2,15,18). The molecule has 0 saturated carbocycles. The number of aryl methyl sites for hydroxylation is 1. The van der Waals surface area contributed by atoms with Gasteiger partial charge in [0.25, 0.3) is 0 Å². The minimum Gasteiger partial charge on any atom is -0.393 e. The SMILES string of the molecule is CC(C)Cc1nc2ccccc2n1CCC(N)=S. The lowest BCUT2D eigenvalue weighted by Crippen LogP contribution is -2.14. The lowest BCUT2D eigenvalue weighted by atomic mass is 10.1. The molecule has 1 aromatic heterocycles. The molecule has 0 aliphatic carbocycles. The Morgan fingerprint density at radius 3 is 2.78 bits per heavy atom. The Balaban J connectivity index is 2.40. The van der Waals surface area contributed by atoms with Crippen molar-refractivity contribution in [1.82, 2.24) is 9.55 Å². The predicted octanol–water partition coefficient (Wildman–Crippen LogP) is 2.91. The van der Waals surface area contributed by atoms with Gasteiger partial charge in [0.05, 0.1) is 16.0 Å². The van der Waals surface area contributed by atoms with E-state index in [-0.39, 0.29) is 0 Å². The second-order valence-electron chi connectivity index (χ2n) is 4.98. The molecule has 0 bridgehead atoms. The number of imidazole rings is 1. The van der Waals surface area contributed by atoms with E-state index in [1.807, 2.05) is 12.1 Å². The van der Waals surface area contributed by atoms with Crippen molar-refractivity contribution in [2.75, 3.05) is 0 Å².